The van der Waals surface area contributed by atoms with Crippen molar-refractivity contribution in [3.63, 3.8) is 0 Å². The van der Waals surface area contributed by atoms with Crippen LogP contribution < -0.4 is 10.1 Å². The zero-order valence-electron chi connectivity index (χ0n) is 19.2. The lowest BCUT2D eigenvalue weighted by atomic mass is 10.1. The van der Waals surface area contributed by atoms with Crippen LogP contribution in [0.5, 0.6) is 5.75 Å². The number of esters is 1. The first kappa shape index (κ1) is 24.7. The van der Waals surface area contributed by atoms with E-state index in [2.05, 4.69) is 12.2 Å². The molecule has 0 atom stereocenters. The summed E-state index contributed by atoms with van der Waals surface area (Å²) in [6.07, 6.45) is 3.53. The van der Waals surface area contributed by atoms with Gasteiger partial charge in [-0.25, -0.2) is 4.79 Å². The molecule has 0 bridgehead atoms. The van der Waals surface area contributed by atoms with Crippen molar-refractivity contribution in [1.29, 1.82) is 5.26 Å². The molecule has 7 heteroatoms. The third-order valence-corrected chi connectivity index (χ3v) is 5.94. The average molecular weight is 475 g/mol. The largest absolute Gasteiger partial charge is 0.494 e. The minimum absolute atomic E-state index is 0.0795. The predicted octanol–water partition coefficient (Wildman–Crippen LogP) is 6.32. The summed E-state index contributed by atoms with van der Waals surface area (Å²) in [5, 5.41) is 12.6. The van der Waals surface area contributed by atoms with Crippen molar-refractivity contribution in [2.45, 2.75) is 26.7 Å². The van der Waals surface area contributed by atoms with Gasteiger partial charge in [-0.3, -0.25) is 4.79 Å². The van der Waals surface area contributed by atoms with Gasteiger partial charge in [-0.2, -0.15) is 5.26 Å². The smallest absolute Gasteiger partial charge is 0.341 e. The number of nitrogens with one attached hydrogen (secondary N) is 1. The van der Waals surface area contributed by atoms with Gasteiger partial charge < -0.3 is 14.8 Å². The first-order valence-electron chi connectivity index (χ1n) is 11.1. The Bertz CT molecular complexity index is 1190. The summed E-state index contributed by atoms with van der Waals surface area (Å²) >= 11 is 1.25. The normalized spacial score (nSPS) is 10.9. The van der Waals surface area contributed by atoms with Crippen LogP contribution in [0.1, 0.15) is 42.6 Å². The Morgan fingerprint density at radius 3 is 2.47 bits per heavy atom. The highest BCUT2D eigenvalue weighted by Gasteiger charge is 2.21. The van der Waals surface area contributed by atoms with Crippen LogP contribution in [0.2, 0.25) is 0 Å². The molecular formula is C27H26N2O4S. The average Bonchev–Trinajstić information content (AvgIpc) is 3.28. The number of nitrogens with zero attached hydrogens (tertiary/aromatic N) is 1. The van der Waals surface area contributed by atoms with Crippen LogP contribution in [0.4, 0.5) is 5.00 Å². The number of nitriles is 1. The predicted molar refractivity (Wildman–Crippen MR) is 135 cm³/mol. The van der Waals surface area contributed by atoms with Crippen LogP contribution in [0.3, 0.4) is 0 Å². The van der Waals surface area contributed by atoms with Crippen LogP contribution in [0.15, 0.2) is 66.2 Å². The van der Waals surface area contributed by atoms with Gasteiger partial charge in [-0.05, 0) is 48.7 Å². The number of carbonyl (C=O) groups excluding carboxylic acids is 2. The van der Waals surface area contributed by atoms with Crippen molar-refractivity contribution in [2.24, 2.45) is 0 Å². The van der Waals surface area contributed by atoms with Crippen LogP contribution in [0.25, 0.3) is 16.5 Å². The fraction of sp³-hybridized carbons (Fsp3) is 0.222. The zero-order chi connectivity index (χ0) is 24.3. The highest BCUT2D eigenvalue weighted by molar-refractivity contribution is 7.20. The lowest BCUT2D eigenvalue weighted by molar-refractivity contribution is -0.112. The van der Waals surface area contributed by atoms with Gasteiger partial charge in [0.1, 0.15) is 22.4 Å². The summed E-state index contributed by atoms with van der Waals surface area (Å²) in [5.41, 5.74) is 1.78. The molecule has 6 nitrogen and oxygen atoms in total. The molecule has 34 heavy (non-hydrogen) atoms. The molecule has 0 aliphatic heterocycles. The number of carbonyl (C=O) groups is 2. The molecule has 1 amide bonds. The Morgan fingerprint density at radius 1 is 1.09 bits per heavy atom. The Kier molecular flexibility index (Phi) is 9.01. The lowest BCUT2D eigenvalue weighted by Gasteiger charge is -2.06. The lowest BCUT2D eigenvalue weighted by Crippen LogP contribution is -2.15. The van der Waals surface area contributed by atoms with Crippen molar-refractivity contribution in [3.05, 3.63) is 77.4 Å². The van der Waals surface area contributed by atoms with Gasteiger partial charge in [0.05, 0.1) is 18.8 Å². The Hall–Kier alpha value is -3.89. The molecule has 174 valence electrons. The molecule has 1 heterocycles. The molecule has 3 rings (SSSR count). The molecule has 2 aromatic carbocycles. The van der Waals surface area contributed by atoms with E-state index in [0.717, 1.165) is 29.0 Å². The molecule has 0 radical (unpaired) electrons. The van der Waals surface area contributed by atoms with Gasteiger partial charge in [0.15, 0.2) is 0 Å². The molecule has 1 aromatic heterocycles. The minimum Gasteiger partial charge on any atom is -0.494 e. The molecule has 1 N–H and O–H groups in total. The van der Waals surface area contributed by atoms with E-state index in [1.165, 1.54) is 17.4 Å². The SMILES string of the molecule is CCCCOc1ccc(/C=C(\C#N)C(=O)Nc2sc(-c3ccccc3)cc2C(=O)OCC)cc1. The third-order valence-electron chi connectivity index (χ3n) is 4.84. The summed E-state index contributed by atoms with van der Waals surface area (Å²) < 4.78 is 10.8. The zero-order valence-corrected chi connectivity index (χ0v) is 20.0. The maximum atomic E-state index is 12.9. The summed E-state index contributed by atoms with van der Waals surface area (Å²) in [4.78, 5) is 26.2. The van der Waals surface area contributed by atoms with Crippen molar-refractivity contribution >= 4 is 34.3 Å². The van der Waals surface area contributed by atoms with E-state index in [1.807, 2.05) is 36.4 Å². The number of hydrogen-bond donors (Lipinski definition) is 1. The highest BCUT2D eigenvalue weighted by Crippen LogP contribution is 2.36. The summed E-state index contributed by atoms with van der Waals surface area (Å²) in [5.74, 6) is -0.394. The summed E-state index contributed by atoms with van der Waals surface area (Å²) in [7, 11) is 0. The molecule has 0 aliphatic carbocycles. The molecule has 0 aliphatic rings. The van der Waals surface area contributed by atoms with Crippen LogP contribution in [-0.2, 0) is 9.53 Å². The second-order valence-corrected chi connectivity index (χ2v) is 8.39. The molecule has 0 fully saturated rings. The number of rotatable bonds is 10. The number of benzene rings is 2. The molecule has 0 unspecified atom stereocenters. The molecule has 3 aromatic rings. The third kappa shape index (κ3) is 6.56. The van der Waals surface area contributed by atoms with Gasteiger partial charge >= 0.3 is 5.97 Å². The summed E-state index contributed by atoms with van der Waals surface area (Å²) in [6.45, 7) is 4.67. The second-order valence-electron chi connectivity index (χ2n) is 7.33. The van der Waals surface area contributed by atoms with Gasteiger partial charge in [0, 0.05) is 4.88 Å². The van der Waals surface area contributed by atoms with E-state index in [4.69, 9.17) is 9.47 Å². The fourth-order valence-electron chi connectivity index (χ4n) is 3.07. The van der Waals surface area contributed by atoms with E-state index in [-0.39, 0.29) is 17.7 Å². The molecule has 0 saturated carbocycles. The first-order valence-corrected chi connectivity index (χ1v) is 11.9. The van der Waals surface area contributed by atoms with Gasteiger partial charge in [-0.1, -0.05) is 55.8 Å². The van der Waals surface area contributed by atoms with Crippen molar-refractivity contribution in [3.8, 4) is 22.3 Å². The number of ether oxygens (including phenoxy) is 2. The maximum absolute atomic E-state index is 12.9. The Labute approximate surface area is 203 Å². The standard InChI is InChI=1S/C27H26N2O4S/c1-3-5-15-33-22-13-11-19(12-14-22)16-21(18-28)25(30)29-26-23(27(31)32-4-2)17-24(34-26)20-9-7-6-8-10-20/h6-14,16-17H,3-5,15H2,1-2H3,(H,29,30)/b21-16+. The monoisotopic (exact) mass is 474 g/mol. The van der Waals surface area contributed by atoms with Crippen LogP contribution >= 0.6 is 11.3 Å². The van der Waals surface area contributed by atoms with Crippen molar-refractivity contribution < 1.29 is 19.1 Å². The second kappa shape index (κ2) is 12.4. The first-order chi connectivity index (χ1) is 16.5. The Balaban J connectivity index is 1.81. The summed E-state index contributed by atoms with van der Waals surface area (Å²) in [6, 6.07) is 20.4. The highest BCUT2D eigenvalue weighted by atomic mass is 32.1. The van der Waals surface area contributed by atoms with Crippen molar-refractivity contribution in [1.82, 2.24) is 0 Å². The quantitative estimate of drug-likeness (QED) is 0.161. The fourth-order valence-corrected chi connectivity index (χ4v) is 4.12. The van der Waals surface area contributed by atoms with E-state index in [1.54, 1.807) is 37.3 Å². The topological polar surface area (TPSA) is 88.4 Å². The number of amides is 1. The number of hydrogen-bond acceptors (Lipinski definition) is 6. The molecular weight excluding hydrogens is 448 g/mol. The van der Waals surface area contributed by atoms with Gasteiger partial charge in [0.2, 0.25) is 0 Å². The maximum Gasteiger partial charge on any atom is 0.341 e. The van der Waals surface area contributed by atoms with Crippen molar-refractivity contribution in [2.75, 3.05) is 18.5 Å². The Morgan fingerprint density at radius 2 is 1.82 bits per heavy atom. The van der Waals surface area contributed by atoms with E-state index in [0.29, 0.717) is 17.2 Å². The molecule has 0 spiro atoms. The van der Waals surface area contributed by atoms with E-state index < -0.39 is 11.9 Å². The van der Waals surface area contributed by atoms with Crippen LogP contribution in [0, 0.1) is 11.3 Å². The van der Waals surface area contributed by atoms with E-state index in [9.17, 15) is 14.9 Å². The number of anilines is 1. The number of thiophene rings is 1. The molecule has 0 saturated heterocycles. The van der Waals surface area contributed by atoms with Gasteiger partial charge in [-0.15, -0.1) is 11.3 Å². The minimum atomic E-state index is -0.599. The van der Waals surface area contributed by atoms with Gasteiger partial charge in [0.25, 0.3) is 5.91 Å². The number of unbranched alkanes of at least 4 members (excludes halogenated alkanes) is 1. The van der Waals surface area contributed by atoms with Crippen LogP contribution in [-0.4, -0.2) is 25.1 Å². The van der Waals surface area contributed by atoms with E-state index >= 15 is 0 Å².